The molecule has 0 unspecified atom stereocenters. The van der Waals surface area contributed by atoms with Gasteiger partial charge in [-0.05, 0) is 49.9 Å². The lowest BCUT2D eigenvalue weighted by molar-refractivity contribution is -0.156. The first-order valence-corrected chi connectivity index (χ1v) is 10.6. The Balaban J connectivity index is 3.57. The summed E-state index contributed by atoms with van der Waals surface area (Å²) in [7, 11) is 0. The fraction of sp³-hybridized carbons (Fsp3) is 0.773. The molecule has 0 radical (unpaired) electrons. The van der Waals surface area contributed by atoms with Gasteiger partial charge in [-0.1, -0.05) is 20.8 Å². The molecule has 9 nitrogen and oxygen atoms in total. The minimum atomic E-state index is -1.25. The van der Waals surface area contributed by atoms with E-state index in [1.807, 2.05) is 20.8 Å². The van der Waals surface area contributed by atoms with E-state index in [1.165, 1.54) is 0 Å². The molecule has 0 saturated heterocycles. The average Bonchev–Trinajstić information content (AvgIpc) is 2.63. The van der Waals surface area contributed by atoms with Crippen molar-refractivity contribution in [3.63, 3.8) is 0 Å². The standard InChI is InChI=1S/C22H34O9/c1-20(2,3)14-12-21(8-4-15(23)24,9-5-16(25)26)19(31)22(13-14,10-6-17(27)28)11-7-18(29)30/h14H,4-13H2,1-3H3,(H,23,24)(H,25,26)(H,27,28)(H,29,30). The highest BCUT2D eigenvalue weighted by Gasteiger charge is 2.56. The van der Waals surface area contributed by atoms with Gasteiger partial charge in [0.05, 0.1) is 0 Å². The molecule has 4 N–H and O–H groups in total. The summed E-state index contributed by atoms with van der Waals surface area (Å²) in [6, 6.07) is 0. The largest absolute Gasteiger partial charge is 0.481 e. The van der Waals surface area contributed by atoms with Crippen molar-refractivity contribution < 1.29 is 44.4 Å². The second-order valence-corrected chi connectivity index (χ2v) is 9.94. The summed E-state index contributed by atoms with van der Waals surface area (Å²) in [5, 5.41) is 37.0. The van der Waals surface area contributed by atoms with Gasteiger partial charge in [0.15, 0.2) is 0 Å². The van der Waals surface area contributed by atoms with E-state index in [9.17, 15) is 44.4 Å². The molecule has 31 heavy (non-hydrogen) atoms. The van der Waals surface area contributed by atoms with Crippen LogP contribution in [0.15, 0.2) is 0 Å². The highest BCUT2D eigenvalue weighted by Crippen LogP contribution is 2.58. The van der Waals surface area contributed by atoms with Crippen LogP contribution in [-0.4, -0.2) is 50.1 Å². The predicted molar refractivity (Wildman–Crippen MR) is 110 cm³/mol. The third-order valence-corrected chi connectivity index (χ3v) is 6.73. The summed E-state index contributed by atoms with van der Waals surface area (Å²) >= 11 is 0. The van der Waals surface area contributed by atoms with Crippen LogP contribution in [0.3, 0.4) is 0 Å². The maximum absolute atomic E-state index is 13.9. The van der Waals surface area contributed by atoms with Crippen LogP contribution in [0.4, 0.5) is 0 Å². The van der Waals surface area contributed by atoms with Crippen LogP contribution in [0.25, 0.3) is 0 Å². The molecule has 0 spiro atoms. The number of carboxylic acids is 4. The molecule has 0 heterocycles. The van der Waals surface area contributed by atoms with Crippen LogP contribution < -0.4 is 0 Å². The van der Waals surface area contributed by atoms with Crippen molar-refractivity contribution >= 4 is 29.7 Å². The molecule has 1 fully saturated rings. The Labute approximate surface area is 181 Å². The minimum absolute atomic E-state index is 0.0527. The van der Waals surface area contributed by atoms with Crippen molar-refractivity contribution in [1.29, 1.82) is 0 Å². The number of hydrogen-bond acceptors (Lipinski definition) is 5. The van der Waals surface area contributed by atoms with E-state index in [1.54, 1.807) is 0 Å². The quantitative estimate of drug-likeness (QED) is 0.354. The first-order valence-electron chi connectivity index (χ1n) is 10.6. The zero-order valence-corrected chi connectivity index (χ0v) is 18.5. The van der Waals surface area contributed by atoms with Crippen LogP contribution in [0.5, 0.6) is 0 Å². The summed E-state index contributed by atoms with van der Waals surface area (Å²) in [4.78, 5) is 59.2. The van der Waals surface area contributed by atoms with E-state index in [0.717, 1.165) is 0 Å². The highest BCUT2D eigenvalue weighted by molar-refractivity contribution is 5.92. The first-order chi connectivity index (χ1) is 14.1. The maximum Gasteiger partial charge on any atom is 0.303 e. The normalized spacial score (nSPS) is 18.5. The zero-order valence-electron chi connectivity index (χ0n) is 18.5. The molecule has 1 aliphatic rings. The third kappa shape index (κ3) is 7.33. The van der Waals surface area contributed by atoms with Gasteiger partial charge in [0, 0.05) is 36.5 Å². The zero-order chi connectivity index (χ0) is 24.0. The Hall–Kier alpha value is -2.45. The number of ketones is 1. The van der Waals surface area contributed by atoms with Crippen LogP contribution in [-0.2, 0) is 24.0 Å². The van der Waals surface area contributed by atoms with Crippen molar-refractivity contribution in [3.8, 4) is 0 Å². The van der Waals surface area contributed by atoms with E-state index >= 15 is 0 Å². The van der Waals surface area contributed by atoms with Gasteiger partial charge in [-0.2, -0.15) is 0 Å². The molecule has 0 aromatic heterocycles. The Bertz CT molecular complexity index is 629. The monoisotopic (exact) mass is 442 g/mol. The number of aliphatic carboxylic acids is 4. The molecule has 0 atom stereocenters. The molecule has 0 aromatic carbocycles. The van der Waals surface area contributed by atoms with Crippen LogP contribution in [0.1, 0.15) is 85.0 Å². The maximum atomic E-state index is 13.9. The fourth-order valence-electron chi connectivity index (χ4n) is 4.87. The molecule has 176 valence electrons. The number of carbonyl (C=O) groups excluding carboxylic acids is 1. The van der Waals surface area contributed by atoms with Crippen molar-refractivity contribution in [2.24, 2.45) is 22.2 Å². The second-order valence-electron chi connectivity index (χ2n) is 9.94. The Morgan fingerprint density at radius 2 is 0.968 bits per heavy atom. The Kier molecular flexibility index (Phi) is 8.78. The van der Waals surface area contributed by atoms with E-state index in [0.29, 0.717) is 12.8 Å². The van der Waals surface area contributed by atoms with Crippen molar-refractivity contribution in [2.45, 2.75) is 85.0 Å². The summed E-state index contributed by atoms with van der Waals surface area (Å²) in [5.74, 6) is -4.94. The molecule has 1 saturated carbocycles. The predicted octanol–water partition coefficient (Wildman–Crippen LogP) is 3.44. The van der Waals surface area contributed by atoms with Crippen molar-refractivity contribution in [1.82, 2.24) is 0 Å². The van der Waals surface area contributed by atoms with Gasteiger partial charge in [0.2, 0.25) is 0 Å². The summed E-state index contributed by atoms with van der Waals surface area (Å²) in [6.07, 6.45) is -0.897. The van der Waals surface area contributed by atoms with Gasteiger partial charge >= 0.3 is 23.9 Å². The number of carbonyl (C=O) groups is 5. The van der Waals surface area contributed by atoms with Gasteiger partial charge in [-0.15, -0.1) is 0 Å². The average molecular weight is 443 g/mol. The molecule has 1 aliphatic carbocycles. The van der Waals surface area contributed by atoms with Crippen LogP contribution in [0.2, 0.25) is 0 Å². The number of rotatable bonds is 12. The number of Topliss-reactive ketones (excluding diaryl/α,β-unsaturated/α-hetero) is 1. The molecule has 1 rings (SSSR count). The van der Waals surface area contributed by atoms with E-state index in [4.69, 9.17) is 0 Å². The smallest absolute Gasteiger partial charge is 0.303 e. The Morgan fingerprint density at radius 3 is 1.16 bits per heavy atom. The summed E-state index contributed by atoms with van der Waals surface area (Å²) in [5.41, 5.74) is -2.82. The van der Waals surface area contributed by atoms with Gasteiger partial charge in [0.1, 0.15) is 5.78 Å². The van der Waals surface area contributed by atoms with Gasteiger partial charge in [-0.3, -0.25) is 24.0 Å². The minimum Gasteiger partial charge on any atom is -0.481 e. The van der Waals surface area contributed by atoms with Gasteiger partial charge < -0.3 is 20.4 Å². The van der Waals surface area contributed by atoms with E-state index in [2.05, 4.69) is 0 Å². The molecule has 9 heteroatoms. The lowest BCUT2D eigenvalue weighted by Crippen LogP contribution is -2.53. The van der Waals surface area contributed by atoms with Crippen molar-refractivity contribution in [3.05, 3.63) is 0 Å². The van der Waals surface area contributed by atoms with E-state index < -0.39 is 34.7 Å². The fourth-order valence-corrected chi connectivity index (χ4v) is 4.87. The molecule has 0 amide bonds. The van der Waals surface area contributed by atoms with Gasteiger partial charge in [-0.25, -0.2) is 0 Å². The highest BCUT2D eigenvalue weighted by atomic mass is 16.4. The lowest BCUT2D eigenvalue weighted by atomic mass is 9.49. The topological polar surface area (TPSA) is 166 Å². The summed E-state index contributed by atoms with van der Waals surface area (Å²) in [6.45, 7) is 5.89. The molecule has 0 bridgehead atoms. The molecule has 0 aliphatic heterocycles. The third-order valence-electron chi connectivity index (χ3n) is 6.73. The second kappa shape index (κ2) is 10.2. The van der Waals surface area contributed by atoms with Crippen molar-refractivity contribution in [2.75, 3.05) is 0 Å². The Morgan fingerprint density at radius 1 is 0.710 bits per heavy atom. The lowest BCUT2D eigenvalue weighted by Gasteiger charge is -2.53. The molecule has 0 aromatic rings. The van der Waals surface area contributed by atoms with E-state index in [-0.39, 0.29) is 68.5 Å². The summed E-state index contributed by atoms with van der Waals surface area (Å²) < 4.78 is 0. The van der Waals surface area contributed by atoms with Gasteiger partial charge in [0.25, 0.3) is 0 Å². The number of carboxylic acid groups (broad SMARTS) is 4. The molecular formula is C22H34O9. The molecular weight excluding hydrogens is 408 g/mol. The first kappa shape index (κ1) is 26.6. The van der Waals surface area contributed by atoms with Crippen LogP contribution in [0, 0.1) is 22.2 Å². The SMILES string of the molecule is CC(C)(C)C1CC(CCC(=O)O)(CCC(=O)O)C(=O)C(CCC(=O)O)(CCC(=O)O)C1. The number of hydrogen-bond donors (Lipinski definition) is 4. The van der Waals surface area contributed by atoms with Crippen LogP contribution >= 0.6 is 0 Å².